The van der Waals surface area contributed by atoms with Crippen molar-refractivity contribution < 1.29 is 5.11 Å². The van der Waals surface area contributed by atoms with Crippen LogP contribution in [-0.4, -0.2) is 30.8 Å². The molecule has 1 aromatic rings. The van der Waals surface area contributed by atoms with Gasteiger partial charge < -0.3 is 15.3 Å². The molecule has 0 spiro atoms. The molecule has 2 N–H and O–H groups in total. The highest BCUT2D eigenvalue weighted by atomic mass is 16.3. The van der Waals surface area contributed by atoms with Gasteiger partial charge in [-0.3, -0.25) is 0 Å². The molecule has 106 valence electrons. The number of aliphatic hydroxyl groups is 1. The summed E-state index contributed by atoms with van der Waals surface area (Å²) in [7, 11) is 0. The van der Waals surface area contributed by atoms with E-state index >= 15 is 0 Å². The lowest BCUT2D eigenvalue weighted by molar-refractivity contribution is 0.210. The van der Waals surface area contributed by atoms with Gasteiger partial charge in [-0.1, -0.05) is 26.0 Å². The number of aliphatic hydroxyl groups excluding tert-OH is 1. The first-order valence-corrected chi connectivity index (χ1v) is 7.39. The number of hydrogen-bond donors (Lipinski definition) is 2. The Morgan fingerprint density at radius 2 is 1.79 bits per heavy atom. The fraction of sp³-hybridized carbons (Fsp3) is 0.625. The number of nitrogens with one attached hydrogen (secondary N) is 1. The number of anilines is 1. The summed E-state index contributed by atoms with van der Waals surface area (Å²) in [4.78, 5) is 2.45. The maximum atomic E-state index is 9.29. The molecule has 0 radical (unpaired) electrons. The normalized spacial score (nSPS) is 17.2. The average molecular weight is 262 g/mol. The van der Waals surface area contributed by atoms with E-state index in [1.807, 2.05) is 0 Å². The second kappa shape index (κ2) is 6.92. The first-order chi connectivity index (χ1) is 9.20. The molecule has 19 heavy (non-hydrogen) atoms. The highest BCUT2D eigenvalue weighted by molar-refractivity contribution is 5.48. The third-order valence-electron chi connectivity index (χ3n) is 3.98. The maximum absolute atomic E-state index is 9.29. The molecule has 1 aromatic carbocycles. The van der Waals surface area contributed by atoms with Crippen LogP contribution in [0.1, 0.15) is 32.3 Å². The van der Waals surface area contributed by atoms with Gasteiger partial charge in [0, 0.05) is 31.4 Å². The van der Waals surface area contributed by atoms with Gasteiger partial charge >= 0.3 is 0 Å². The Morgan fingerprint density at radius 1 is 1.16 bits per heavy atom. The lowest BCUT2D eigenvalue weighted by atomic mass is 10.1. The van der Waals surface area contributed by atoms with Crippen LogP contribution in [0.25, 0.3) is 0 Å². The molecule has 0 saturated carbocycles. The molecule has 0 bridgehead atoms. The predicted octanol–water partition coefficient (Wildman–Crippen LogP) is 2.39. The largest absolute Gasteiger partial charge is 0.395 e. The van der Waals surface area contributed by atoms with Crippen LogP contribution in [0.3, 0.4) is 0 Å². The third-order valence-corrected chi connectivity index (χ3v) is 3.98. The van der Waals surface area contributed by atoms with Crippen molar-refractivity contribution in [2.45, 2.75) is 39.3 Å². The maximum Gasteiger partial charge on any atom is 0.0587 e. The Hall–Kier alpha value is -1.06. The van der Waals surface area contributed by atoms with E-state index in [1.54, 1.807) is 0 Å². The molecule has 1 unspecified atom stereocenters. The molecular weight excluding hydrogens is 236 g/mol. The summed E-state index contributed by atoms with van der Waals surface area (Å²) in [6.45, 7) is 7.66. The van der Waals surface area contributed by atoms with E-state index in [-0.39, 0.29) is 12.6 Å². The van der Waals surface area contributed by atoms with Crippen LogP contribution in [0.5, 0.6) is 0 Å². The van der Waals surface area contributed by atoms with Gasteiger partial charge in [-0.2, -0.15) is 0 Å². The Bertz CT molecular complexity index is 369. The Balaban J connectivity index is 1.87. The zero-order valence-corrected chi connectivity index (χ0v) is 12.1. The van der Waals surface area contributed by atoms with E-state index in [0.717, 1.165) is 6.54 Å². The summed E-state index contributed by atoms with van der Waals surface area (Å²) >= 11 is 0. The number of hydrogen-bond acceptors (Lipinski definition) is 3. The molecule has 1 saturated heterocycles. The molecule has 2 rings (SSSR count). The Kier molecular flexibility index (Phi) is 5.23. The van der Waals surface area contributed by atoms with Crippen LogP contribution < -0.4 is 10.2 Å². The minimum Gasteiger partial charge on any atom is -0.395 e. The smallest absolute Gasteiger partial charge is 0.0587 e. The minimum atomic E-state index is 0.179. The highest BCUT2D eigenvalue weighted by Gasteiger charge is 2.13. The van der Waals surface area contributed by atoms with Crippen LogP contribution in [0.2, 0.25) is 0 Å². The number of rotatable bonds is 6. The van der Waals surface area contributed by atoms with Gasteiger partial charge in [0.05, 0.1) is 6.61 Å². The van der Waals surface area contributed by atoms with Crippen molar-refractivity contribution in [1.82, 2.24) is 5.32 Å². The SMILES string of the molecule is CC(C)C(CO)NCc1ccc(N2CCCC2)cc1. The van der Waals surface area contributed by atoms with Crippen molar-refractivity contribution in [2.24, 2.45) is 5.92 Å². The predicted molar refractivity (Wildman–Crippen MR) is 80.4 cm³/mol. The lowest BCUT2D eigenvalue weighted by Gasteiger charge is -2.21. The van der Waals surface area contributed by atoms with E-state index in [0.29, 0.717) is 5.92 Å². The number of nitrogens with zero attached hydrogens (tertiary/aromatic N) is 1. The van der Waals surface area contributed by atoms with Crippen LogP contribution in [-0.2, 0) is 6.54 Å². The van der Waals surface area contributed by atoms with E-state index < -0.39 is 0 Å². The molecule has 1 heterocycles. The molecule has 3 nitrogen and oxygen atoms in total. The van der Waals surface area contributed by atoms with Crippen molar-refractivity contribution in [3.8, 4) is 0 Å². The summed E-state index contributed by atoms with van der Waals surface area (Å²) in [5.41, 5.74) is 2.62. The van der Waals surface area contributed by atoms with Gasteiger partial charge in [0.25, 0.3) is 0 Å². The minimum absolute atomic E-state index is 0.179. The average Bonchev–Trinajstić information content (AvgIpc) is 2.94. The highest BCUT2D eigenvalue weighted by Crippen LogP contribution is 2.20. The first-order valence-electron chi connectivity index (χ1n) is 7.39. The molecule has 0 amide bonds. The van der Waals surface area contributed by atoms with Gasteiger partial charge in [-0.25, -0.2) is 0 Å². The first kappa shape index (κ1) is 14.4. The summed E-state index contributed by atoms with van der Waals surface area (Å²) in [6.07, 6.45) is 2.63. The van der Waals surface area contributed by atoms with Crippen molar-refractivity contribution in [3.05, 3.63) is 29.8 Å². The molecule has 3 heteroatoms. The lowest BCUT2D eigenvalue weighted by Crippen LogP contribution is -2.36. The van der Waals surface area contributed by atoms with Crippen LogP contribution in [0.4, 0.5) is 5.69 Å². The van der Waals surface area contributed by atoms with Crippen molar-refractivity contribution in [2.75, 3.05) is 24.6 Å². The summed E-state index contributed by atoms with van der Waals surface area (Å²) < 4.78 is 0. The number of benzene rings is 1. The standard InChI is InChI=1S/C16H26N2O/c1-13(2)16(12-19)17-11-14-5-7-15(8-6-14)18-9-3-4-10-18/h5-8,13,16-17,19H,3-4,9-12H2,1-2H3. The summed E-state index contributed by atoms with van der Waals surface area (Å²) in [5, 5.41) is 12.7. The van der Waals surface area contributed by atoms with Crippen molar-refractivity contribution in [3.63, 3.8) is 0 Å². The Labute approximate surface area is 116 Å². The zero-order chi connectivity index (χ0) is 13.7. The molecule has 0 aliphatic carbocycles. The Morgan fingerprint density at radius 3 is 2.32 bits per heavy atom. The quantitative estimate of drug-likeness (QED) is 0.826. The van der Waals surface area contributed by atoms with E-state index in [1.165, 1.54) is 37.2 Å². The fourth-order valence-corrected chi connectivity index (χ4v) is 2.56. The molecule has 0 aromatic heterocycles. The van der Waals surface area contributed by atoms with Crippen LogP contribution in [0, 0.1) is 5.92 Å². The molecule has 1 aliphatic heterocycles. The van der Waals surface area contributed by atoms with Gasteiger partial charge in [-0.15, -0.1) is 0 Å². The molecule has 1 atom stereocenters. The van der Waals surface area contributed by atoms with Gasteiger partial charge in [0.2, 0.25) is 0 Å². The molecular formula is C16H26N2O. The van der Waals surface area contributed by atoms with Gasteiger partial charge in [-0.05, 0) is 36.5 Å². The summed E-state index contributed by atoms with van der Waals surface area (Å²) in [6, 6.07) is 8.99. The van der Waals surface area contributed by atoms with Gasteiger partial charge in [0.1, 0.15) is 0 Å². The third kappa shape index (κ3) is 3.95. The van der Waals surface area contributed by atoms with E-state index in [4.69, 9.17) is 0 Å². The van der Waals surface area contributed by atoms with Crippen LogP contribution in [0.15, 0.2) is 24.3 Å². The molecule has 1 aliphatic rings. The van der Waals surface area contributed by atoms with Gasteiger partial charge in [0.15, 0.2) is 0 Å². The topological polar surface area (TPSA) is 35.5 Å². The van der Waals surface area contributed by atoms with E-state index in [9.17, 15) is 5.11 Å². The van der Waals surface area contributed by atoms with Crippen LogP contribution >= 0.6 is 0 Å². The second-order valence-electron chi connectivity index (χ2n) is 5.77. The van der Waals surface area contributed by atoms with Crippen molar-refractivity contribution >= 4 is 5.69 Å². The summed E-state index contributed by atoms with van der Waals surface area (Å²) in [5.74, 6) is 0.453. The fourth-order valence-electron chi connectivity index (χ4n) is 2.56. The zero-order valence-electron chi connectivity index (χ0n) is 12.1. The van der Waals surface area contributed by atoms with E-state index in [2.05, 4.69) is 48.3 Å². The monoisotopic (exact) mass is 262 g/mol. The van der Waals surface area contributed by atoms with Crippen molar-refractivity contribution in [1.29, 1.82) is 0 Å². The second-order valence-corrected chi connectivity index (χ2v) is 5.77. The molecule has 1 fully saturated rings.